The van der Waals surface area contributed by atoms with Gasteiger partial charge in [-0.05, 0) is 54.3 Å². The molecule has 1 fully saturated rings. The van der Waals surface area contributed by atoms with Crippen LogP contribution in [0.4, 0.5) is 5.69 Å². The van der Waals surface area contributed by atoms with Crippen LogP contribution in [0.15, 0.2) is 76.7 Å². The van der Waals surface area contributed by atoms with Crippen LogP contribution in [0.3, 0.4) is 0 Å². The first kappa shape index (κ1) is 29.5. The van der Waals surface area contributed by atoms with E-state index in [9.17, 15) is 9.59 Å². The summed E-state index contributed by atoms with van der Waals surface area (Å²) >= 11 is 15.1. The normalized spacial score (nSPS) is 14.1. The Morgan fingerprint density at radius 1 is 1.00 bits per heavy atom. The zero-order valence-electron chi connectivity index (χ0n) is 22.2. The average Bonchev–Trinajstić information content (AvgIpc) is 3.45. The lowest BCUT2D eigenvalue weighted by molar-refractivity contribution is -0.119. The fourth-order valence-electron chi connectivity index (χ4n) is 4.63. The average molecular weight is 627 g/mol. The second-order valence-electron chi connectivity index (χ2n) is 9.82. The van der Waals surface area contributed by atoms with E-state index in [2.05, 4.69) is 20.5 Å². The van der Waals surface area contributed by atoms with Crippen molar-refractivity contribution in [1.29, 1.82) is 0 Å². The van der Waals surface area contributed by atoms with Gasteiger partial charge in [0.2, 0.25) is 11.8 Å². The van der Waals surface area contributed by atoms with E-state index in [0.717, 1.165) is 59.2 Å². The molecule has 7 nitrogen and oxygen atoms in total. The number of anilines is 1. The molecule has 1 saturated heterocycles. The number of hydrogen-bond acceptors (Lipinski definition) is 7. The summed E-state index contributed by atoms with van der Waals surface area (Å²) < 4.78 is 0.831. The van der Waals surface area contributed by atoms with Gasteiger partial charge in [0.15, 0.2) is 4.34 Å². The highest BCUT2D eigenvalue weighted by Gasteiger charge is 2.21. The number of nitrogens with zero attached hydrogens (tertiary/aromatic N) is 3. The molecule has 212 valence electrons. The second kappa shape index (κ2) is 14.3. The number of thioether (sulfide) groups is 1. The number of halogens is 2. The first-order valence-electron chi connectivity index (χ1n) is 13.2. The summed E-state index contributed by atoms with van der Waals surface area (Å²) in [6.45, 7) is 2.65. The minimum Gasteiger partial charge on any atom is -0.353 e. The van der Waals surface area contributed by atoms with Gasteiger partial charge in [0.1, 0.15) is 0 Å². The molecular weight excluding hydrogens is 597 g/mol. The molecule has 41 heavy (non-hydrogen) atoms. The maximum Gasteiger partial charge on any atom is 0.230 e. The standard InChI is InChI=1S/C30H29Cl2N5O2S2/c31-25-7-6-21(13-26(25)32)17-37-11-8-23(9-12-37)34-29(39)19-41-30-36-27(18-40-30)22-4-1-5-24(15-22)35-28(38)14-20-3-2-10-33-16-20/h1-7,10,13,15-16,18,23H,8-9,11-12,14,17,19H2,(H,34,39)(H,35,38). The Labute approximate surface area is 257 Å². The van der Waals surface area contributed by atoms with E-state index in [1.54, 1.807) is 12.4 Å². The van der Waals surface area contributed by atoms with Gasteiger partial charge in [-0.1, -0.05) is 59.2 Å². The number of piperidine rings is 1. The first-order valence-corrected chi connectivity index (χ1v) is 15.9. The molecule has 2 aromatic heterocycles. The third kappa shape index (κ3) is 8.77. The summed E-state index contributed by atoms with van der Waals surface area (Å²) in [5.74, 6) is 0.238. The summed E-state index contributed by atoms with van der Waals surface area (Å²) in [6, 6.07) is 17.2. The first-order chi connectivity index (χ1) is 19.9. The lowest BCUT2D eigenvalue weighted by atomic mass is 10.0. The van der Waals surface area contributed by atoms with Crippen LogP contribution < -0.4 is 10.6 Å². The van der Waals surface area contributed by atoms with Crippen molar-refractivity contribution in [1.82, 2.24) is 20.2 Å². The number of rotatable bonds is 10. The van der Waals surface area contributed by atoms with E-state index in [0.29, 0.717) is 21.5 Å². The Hall–Kier alpha value is -2.95. The van der Waals surface area contributed by atoms with E-state index in [4.69, 9.17) is 28.2 Å². The molecule has 1 aliphatic heterocycles. The maximum absolute atomic E-state index is 12.6. The molecule has 0 aliphatic carbocycles. The summed E-state index contributed by atoms with van der Waals surface area (Å²) in [6.07, 6.45) is 5.45. The largest absolute Gasteiger partial charge is 0.353 e. The Morgan fingerprint density at radius 2 is 1.85 bits per heavy atom. The molecule has 2 aromatic carbocycles. The fraction of sp³-hybridized carbons (Fsp3) is 0.267. The Morgan fingerprint density at radius 3 is 2.63 bits per heavy atom. The molecule has 0 spiro atoms. The van der Waals surface area contributed by atoms with Crippen LogP contribution in [0.1, 0.15) is 24.0 Å². The molecule has 2 amide bonds. The van der Waals surface area contributed by atoms with Crippen LogP contribution >= 0.6 is 46.3 Å². The molecule has 3 heterocycles. The van der Waals surface area contributed by atoms with Crippen molar-refractivity contribution < 1.29 is 9.59 Å². The third-order valence-corrected chi connectivity index (χ3v) is 9.44. The van der Waals surface area contributed by atoms with Crippen molar-refractivity contribution in [2.75, 3.05) is 24.2 Å². The topological polar surface area (TPSA) is 87.2 Å². The Balaban J connectivity index is 1.05. The van der Waals surface area contributed by atoms with E-state index in [-0.39, 0.29) is 24.3 Å². The minimum absolute atomic E-state index is 0.0213. The molecule has 0 unspecified atom stereocenters. The monoisotopic (exact) mass is 625 g/mol. The number of aromatic nitrogens is 2. The molecule has 0 radical (unpaired) electrons. The number of thiazole rings is 1. The van der Waals surface area contributed by atoms with Gasteiger partial charge < -0.3 is 10.6 Å². The fourth-order valence-corrected chi connectivity index (χ4v) is 6.60. The van der Waals surface area contributed by atoms with Crippen LogP contribution in [-0.2, 0) is 22.6 Å². The lowest BCUT2D eigenvalue weighted by Crippen LogP contribution is -2.44. The molecule has 1 aliphatic rings. The highest BCUT2D eigenvalue weighted by molar-refractivity contribution is 8.01. The van der Waals surface area contributed by atoms with Gasteiger partial charge >= 0.3 is 0 Å². The zero-order valence-corrected chi connectivity index (χ0v) is 25.3. The molecule has 0 atom stereocenters. The van der Waals surface area contributed by atoms with Crippen LogP contribution in [0.2, 0.25) is 10.0 Å². The summed E-state index contributed by atoms with van der Waals surface area (Å²) in [5, 5.41) is 9.24. The highest BCUT2D eigenvalue weighted by Crippen LogP contribution is 2.30. The SMILES string of the molecule is O=C(Cc1cccnc1)Nc1cccc(-c2csc(SCC(=O)NC3CCN(Cc4ccc(Cl)c(Cl)c4)CC3)n2)c1. The third-order valence-electron chi connectivity index (χ3n) is 6.68. The van der Waals surface area contributed by atoms with Gasteiger partial charge in [-0.25, -0.2) is 4.98 Å². The number of hydrogen-bond donors (Lipinski definition) is 2. The van der Waals surface area contributed by atoms with Crippen molar-refractivity contribution in [3.05, 3.63) is 93.5 Å². The van der Waals surface area contributed by atoms with Crippen molar-refractivity contribution >= 4 is 63.8 Å². The zero-order chi connectivity index (χ0) is 28.6. The number of carbonyl (C=O) groups is 2. The van der Waals surface area contributed by atoms with Gasteiger partial charge in [-0.2, -0.15) is 0 Å². The predicted molar refractivity (Wildman–Crippen MR) is 168 cm³/mol. The molecule has 4 aromatic rings. The minimum atomic E-state index is -0.104. The molecular formula is C30H29Cl2N5O2S2. The highest BCUT2D eigenvalue weighted by atomic mass is 35.5. The number of benzene rings is 2. The molecule has 0 saturated carbocycles. The van der Waals surface area contributed by atoms with Crippen molar-refractivity contribution in [2.24, 2.45) is 0 Å². The Kier molecular flexibility index (Phi) is 10.3. The number of pyridine rings is 1. The summed E-state index contributed by atoms with van der Waals surface area (Å²) in [4.78, 5) is 36.2. The molecule has 11 heteroatoms. The van der Waals surface area contributed by atoms with Crippen LogP contribution in [0.5, 0.6) is 0 Å². The van der Waals surface area contributed by atoms with Gasteiger partial charge in [-0.15, -0.1) is 11.3 Å². The quantitative estimate of drug-likeness (QED) is 0.194. The summed E-state index contributed by atoms with van der Waals surface area (Å²) in [5.41, 5.74) is 4.43. The van der Waals surface area contributed by atoms with E-state index >= 15 is 0 Å². The van der Waals surface area contributed by atoms with Gasteiger partial charge in [0.05, 0.1) is 27.9 Å². The van der Waals surface area contributed by atoms with Gasteiger partial charge in [0.25, 0.3) is 0 Å². The van der Waals surface area contributed by atoms with E-state index in [1.165, 1.54) is 23.1 Å². The van der Waals surface area contributed by atoms with Gasteiger partial charge in [-0.3, -0.25) is 19.5 Å². The predicted octanol–water partition coefficient (Wildman–Crippen LogP) is 6.57. The van der Waals surface area contributed by atoms with E-state index < -0.39 is 0 Å². The van der Waals surface area contributed by atoms with Gasteiger partial charge in [0, 0.05) is 54.7 Å². The smallest absolute Gasteiger partial charge is 0.230 e. The number of carbonyl (C=O) groups excluding carboxylic acids is 2. The molecule has 5 rings (SSSR count). The van der Waals surface area contributed by atoms with E-state index in [1.807, 2.05) is 60.0 Å². The van der Waals surface area contributed by atoms with Crippen LogP contribution in [-0.4, -0.2) is 51.6 Å². The number of nitrogens with one attached hydrogen (secondary N) is 2. The lowest BCUT2D eigenvalue weighted by Gasteiger charge is -2.32. The second-order valence-corrected chi connectivity index (χ2v) is 12.7. The van der Waals surface area contributed by atoms with Crippen molar-refractivity contribution in [3.63, 3.8) is 0 Å². The molecule has 2 N–H and O–H groups in total. The van der Waals surface area contributed by atoms with Crippen molar-refractivity contribution in [2.45, 2.75) is 36.2 Å². The van der Waals surface area contributed by atoms with Crippen LogP contribution in [0.25, 0.3) is 11.3 Å². The van der Waals surface area contributed by atoms with Crippen LogP contribution in [0, 0.1) is 0 Å². The Bertz CT molecular complexity index is 1490. The molecule has 0 bridgehead atoms. The van der Waals surface area contributed by atoms with Crippen molar-refractivity contribution in [3.8, 4) is 11.3 Å². The number of amides is 2. The maximum atomic E-state index is 12.6. The number of likely N-dealkylation sites (tertiary alicyclic amines) is 1. The summed E-state index contributed by atoms with van der Waals surface area (Å²) in [7, 11) is 0.